The molecular weight excluding hydrogens is 306 g/mol. The Bertz CT molecular complexity index is 502. The molecule has 6 nitrogen and oxygen atoms in total. The summed E-state index contributed by atoms with van der Waals surface area (Å²) in [5.74, 6) is 0.327. The largest absolute Gasteiger partial charge is 0.444 e. The van der Waals surface area contributed by atoms with Gasteiger partial charge in [-0.1, -0.05) is 11.6 Å². The molecule has 7 heteroatoms. The molecule has 0 bridgehead atoms. The number of nitrogens with zero attached hydrogens (tertiary/aromatic N) is 3. The molecule has 0 N–H and O–H groups in total. The van der Waals surface area contributed by atoms with Gasteiger partial charge in [0.05, 0.1) is 18.9 Å². The average Bonchev–Trinajstić information content (AvgIpc) is 2.88. The van der Waals surface area contributed by atoms with Crippen molar-refractivity contribution in [2.24, 2.45) is 5.92 Å². The van der Waals surface area contributed by atoms with Gasteiger partial charge >= 0.3 is 6.09 Å². The van der Waals surface area contributed by atoms with Crippen molar-refractivity contribution in [2.75, 3.05) is 19.7 Å². The van der Waals surface area contributed by atoms with Crippen LogP contribution >= 0.6 is 11.6 Å². The van der Waals surface area contributed by atoms with E-state index in [9.17, 15) is 4.79 Å². The van der Waals surface area contributed by atoms with Gasteiger partial charge in [-0.25, -0.2) is 4.79 Å². The van der Waals surface area contributed by atoms with Crippen LogP contribution in [-0.4, -0.2) is 46.5 Å². The highest BCUT2D eigenvalue weighted by molar-refractivity contribution is 6.29. The number of carbonyl (C=O) groups excluding carboxylic acids is 1. The molecule has 0 unspecified atom stereocenters. The zero-order valence-electron chi connectivity index (χ0n) is 13.2. The van der Waals surface area contributed by atoms with E-state index in [0.717, 1.165) is 12.1 Å². The number of amides is 1. The molecule has 1 aromatic rings. The molecule has 22 heavy (non-hydrogen) atoms. The molecule has 0 aromatic carbocycles. The zero-order chi connectivity index (χ0) is 16.2. The molecule has 1 amide bonds. The van der Waals surface area contributed by atoms with Crippen LogP contribution in [0.3, 0.4) is 0 Å². The Hall–Kier alpha value is -1.40. The molecule has 2 heterocycles. The summed E-state index contributed by atoms with van der Waals surface area (Å²) < 4.78 is 11.0. The van der Waals surface area contributed by atoms with E-state index in [1.807, 2.05) is 20.8 Å². The molecule has 1 aliphatic rings. The summed E-state index contributed by atoms with van der Waals surface area (Å²) in [7, 11) is 0. The quantitative estimate of drug-likeness (QED) is 0.850. The Balaban J connectivity index is 1.70. The minimum atomic E-state index is -0.459. The van der Waals surface area contributed by atoms with Crippen LogP contribution in [0.1, 0.15) is 32.9 Å². The van der Waals surface area contributed by atoms with Crippen molar-refractivity contribution >= 4 is 17.7 Å². The van der Waals surface area contributed by atoms with Gasteiger partial charge in [0, 0.05) is 19.0 Å². The second kappa shape index (κ2) is 7.24. The molecule has 1 fully saturated rings. The lowest BCUT2D eigenvalue weighted by atomic mass is 10.1. The van der Waals surface area contributed by atoms with Crippen molar-refractivity contribution < 1.29 is 14.3 Å². The van der Waals surface area contributed by atoms with Crippen molar-refractivity contribution in [2.45, 2.75) is 39.4 Å². The van der Waals surface area contributed by atoms with Crippen LogP contribution in [-0.2, 0) is 16.1 Å². The minimum Gasteiger partial charge on any atom is -0.444 e. The van der Waals surface area contributed by atoms with E-state index in [2.05, 4.69) is 10.2 Å². The first kappa shape index (κ1) is 17.0. The second-order valence-corrected chi connectivity index (χ2v) is 6.83. The Labute approximate surface area is 135 Å². The number of likely N-dealkylation sites (tertiary alicyclic amines) is 1. The maximum atomic E-state index is 12.0. The van der Waals surface area contributed by atoms with Gasteiger partial charge in [-0.05, 0) is 39.3 Å². The van der Waals surface area contributed by atoms with E-state index < -0.39 is 5.60 Å². The van der Waals surface area contributed by atoms with Gasteiger partial charge in [0.2, 0.25) is 0 Å². The summed E-state index contributed by atoms with van der Waals surface area (Å²) in [5.41, 5.74) is 0.283. The third-order valence-electron chi connectivity index (χ3n) is 3.23. The van der Waals surface area contributed by atoms with Crippen LogP contribution in [0.5, 0.6) is 0 Å². The lowest BCUT2D eigenvalue weighted by molar-refractivity contribution is 0.0270. The van der Waals surface area contributed by atoms with E-state index in [4.69, 9.17) is 21.1 Å². The Morgan fingerprint density at radius 3 is 2.82 bits per heavy atom. The van der Waals surface area contributed by atoms with E-state index in [1.54, 1.807) is 17.0 Å². The lowest BCUT2D eigenvalue weighted by Crippen LogP contribution is -2.35. The first-order valence-electron chi connectivity index (χ1n) is 7.37. The monoisotopic (exact) mass is 327 g/mol. The van der Waals surface area contributed by atoms with Gasteiger partial charge in [-0.3, -0.25) is 0 Å². The summed E-state index contributed by atoms with van der Waals surface area (Å²) in [6.45, 7) is 7.97. The normalized spacial score (nSPS) is 18.5. The van der Waals surface area contributed by atoms with Crippen LogP contribution in [0, 0.1) is 5.92 Å². The van der Waals surface area contributed by atoms with Gasteiger partial charge in [-0.15, -0.1) is 5.10 Å². The van der Waals surface area contributed by atoms with Gasteiger partial charge in [-0.2, -0.15) is 5.10 Å². The molecule has 1 aromatic heterocycles. The first-order chi connectivity index (χ1) is 10.3. The van der Waals surface area contributed by atoms with Gasteiger partial charge in [0.15, 0.2) is 5.15 Å². The maximum Gasteiger partial charge on any atom is 0.410 e. The number of hydrogen-bond donors (Lipinski definition) is 0. The fourth-order valence-corrected chi connectivity index (χ4v) is 2.31. The maximum absolute atomic E-state index is 12.0. The van der Waals surface area contributed by atoms with Crippen LogP contribution in [0.25, 0.3) is 0 Å². The number of halogens is 1. The van der Waals surface area contributed by atoms with Crippen molar-refractivity contribution in [3.05, 3.63) is 23.0 Å². The van der Waals surface area contributed by atoms with Crippen LogP contribution < -0.4 is 0 Å². The number of rotatable bonds is 4. The highest BCUT2D eigenvalue weighted by Crippen LogP contribution is 2.20. The molecule has 2 rings (SSSR count). The predicted octanol–water partition coefficient (Wildman–Crippen LogP) is 2.90. The average molecular weight is 328 g/mol. The molecule has 122 valence electrons. The highest BCUT2D eigenvalue weighted by atomic mass is 35.5. The molecule has 0 saturated carbocycles. The summed E-state index contributed by atoms with van der Waals surface area (Å²) >= 11 is 5.68. The standard InChI is InChI=1S/C15H22ClN3O3/c1-15(2,3)22-14(20)19-7-6-11(8-19)9-21-10-12-4-5-13(16)18-17-12/h4-5,11H,6-10H2,1-3H3/t11-/m1/s1. The smallest absolute Gasteiger partial charge is 0.410 e. The molecule has 0 radical (unpaired) electrons. The van der Waals surface area contributed by atoms with E-state index in [0.29, 0.717) is 37.4 Å². The van der Waals surface area contributed by atoms with Crippen molar-refractivity contribution in [1.29, 1.82) is 0 Å². The lowest BCUT2D eigenvalue weighted by Gasteiger charge is -2.24. The molecular formula is C15H22ClN3O3. The number of hydrogen-bond acceptors (Lipinski definition) is 5. The van der Waals surface area contributed by atoms with E-state index in [-0.39, 0.29) is 6.09 Å². The Morgan fingerprint density at radius 1 is 1.41 bits per heavy atom. The molecule has 0 aliphatic carbocycles. The van der Waals surface area contributed by atoms with Gasteiger partial charge in [0.25, 0.3) is 0 Å². The van der Waals surface area contributed by atoms with Gasteiger partial charge < -0.3 is 14.4 Å². The highest BCUT2D eigenvalue weighted by Gasteiger charge is 2.29. The van der Waals surface area contributed by atoms with E-state index in [1.165, 1.54) is 0 Å². The number of aromatic nitrogens is 2. The summed E-state index contributed by atoms with van der Waals surface area (Å²) in [5, 5.41) is 8.07. The van der Waals surface area contributed by atoms with Gasteiger partial charge in [0.1, 0.15) is 5.60 Å². The molecule has 1 aliphatic heterocycles. The zero-order valence-corrected chi connectivity index (χ0v) is 14.0. The molecule has 0 spiro atoms. The number of carbonyl (C=O) groups is 1. The SMILES string of the molecule is CC(C)(C)OC(=O)N1CC[C@@H](COCc2ccc(Cl)nn2)C1. The fraction of sp³-hybridized carbons (Fsp3) is 0.667. The second-order valence-electron chi connectivity index (χ2n) is 6.44. The fourth-order valence-electron chi connectivity index (χ4n) is 2.21. The Morgan fingerprint density at radius 2 is 2.18 bits per heavy atom. The number of ether oxygens (including phenoxy) is 2. The first-order valence-corrected chi connectivity index (χ1v) is 7.75. The van der Waals surface area contributed by atoms with Crippen LogP contribution in [0.15, 0.2) is 12.1 Å². The van der Waals surface area contributed by atoms with Crippen molar-refractivity contribution in [1.82, 2.24) is 15.1 Å². The van der Waals surface area contributed by atoms with Crippen LogP contribution in [0.2, 0.25) is 5.15 Å². The topological polar surface area (TPSA) is 64.5 Å². The van der Waals surface area contributed by atoms with Crippen LogP contribution in [0.4, 0.5) is 4.79 Å². The van der Waals surface area contributed by atoms with Crippen molar-refractivity contribution in [3.63, 3.8) is 0 Å². The third kappa shape index (κ3) is 5.42. The van der Waals surface area contributed by atoms with Crippen molar-refractivity contribution in [3.8, 4) is 0 Å². The summed E-state index contributed by atoms with van der Waals surface area (Å²) in [6, 6.07) is 3.48. The predicted molar refractivity (Wildman–Crippen MR) is 82.6 cm³/mol. The molecule has 1 saturated heterocycles. The summed E-state index contributed by atoms with van der Waals surface area (Å²) in [6.07, 6.45) is 0.671. The summed E-state index contributed by atoms with van der Waals surface area (Å²) in [4.78, 5) is 13.7. The molecule has 1 atom stereocenters. The van der Waals surface area contributed by atoms with E-state index >= 15 is 0 Å². The third-order valence-corrected chi connectivity index (χ3v) is 3.43. The Kier molecular flexibility index (Phi) is 5.58. The minimum absolute atomic E-state index is 0.251.